The number of aryl methyl sites for hydroxylation is 2. The van der Waals surface area contributed by atoms with E-state index in [2.05, 4.69) is 4.72 Å². The van der Waals surface area contributed by atoms with Gasteiger partial charge in [-0.1, -0.05) is 54.6 Å². The van der Waals surface area contributed by atoms with Gasteiger partial charge >= 0.3 is 5.97 Å². The molecule has 0 bridgehead atoms. The van der Waals surface area contributed by atoms with Crippen molar-refractivity contribution < 1.29 is 18.3 Å². The molecule has 6 heteroatoms. The van der Waals surface area contributed by atoms with E-state index in [4.69, 9.17) is 0 Å². The average molecular weight is 381 g/mol. The number of aromatic carboxylic acids is 1. The van der Waals surface area contributed by atoms with Crippen LogP contribution in [0.5, 0.6) is 0 Å². The lowest BCUT2D eigenvalue weighted by atomic mass is 9.99. The Morgan fingerprint density at radius 2 is 1.33 bits per heavy atom. The van der Waals surface area contributed by atoms with Crippen LogP contribution in [0.25, 0.3) is 0 Å². The van der Waals surface area contributed by atoms with Crippen LogP contribution < -0.4 is 4.72 Å². The van der Waals surface area contributed by atoms with Crippen LogP contribution >= 0.6 is 0 Å². The lowest BCUT2D eigenvalue weighted by molar-refractivity contribution is 0.0695. The maximum atomic E-state index is 12.6. The second-order valence-corrected chi connectivity index (χ2v) is 7.72. The molecular weight excluding hydrogens is 362 g/mol. The van der Waals surface area contributed by atoms with Crippen LogP contribution in [0.3, 0.4) is 0 Å². The number of carboxylic acids is 1. The summed E-state index contributed by atoms with van der Waals surface area (Å²) in [4.78, 5) is 11.5. The number of anilines is 1. The first-order valence-electron chi connectivity index (χ1n) is 8.44. The van der Waals surface area contributed by atoms with Crippen LogP contribution in [0, 0.1) is 0 Å². The van der Waals surface area contributed by atoms with E-state index < -0.39 is 16.0 Å². The lowest BCUT2D eigenvalue weighted by Gasteiger charge is -2.13. The number of benzene rings is 3. The second kappa shape index (κ2) is 8.05. The van der Waals surface area contributed by atoms with Crippen LogP contribution in [0.1, 0.15) is 21.5 Å². The quantitative estimate of drug-likeness (QED) is 0.649. The van der Waals surface area contributed by atoms with Crippen molar-refractivity contribution in [2.45, 2.75) is 17.7 Å². The molecule has 0 spiro atoms. The van der Waals surface area contributed by atoms with Crippen molar-refractivity contribution in [3.05, 3.63) is 95.6 Å². The summed E-state index contributed by atoms with van der Waals surface area (Å²) >= 11 is 0. The molecule has 3 rings (SSSR count). The maximum absolute atomic E-state index is 12.6. The number of sulfonamides is 1. The van der Waals surface area contributed by atoms with Crippen LogP contribution in [0.2, 0.25) is 0 Å². The maximum Gasteiger partial charge on any atom is 0.335 e. The summed E-state index contributed by atoms with van der Waals surface area (Å²) in [6.45, 7) is 0. The van der Waals surface area contributed by atoms with Crippen molar-refractivity contribution >= 4 is 21.7 Å². The molecule has 2 N–H and O–H groups in total. The van der Waals surface area contributed by atoms with Gasteiger partial charge in [0.25, 0.3) is 10.0 Å². The summed E-state index contributed by atoms with van der Waals surface area (Å²) in [5.74, 6) is -0.969. The normalized spacial score (nSPS) is 11.1. The number of nitrogens with one attached hydrogen (secondary N) is 1. The molecule has 27 heavy (non-hydrogen) atoms. The van der Waals surface area contributed by atoms with Gasteiger partial charge in [0, 0.05) is 0 Å². The van der Waals surface area contributed by atoms with E-state index in [9.17, 15) is 18.3 Å². The van der Waals surface area contributed by atoms with Crippen LogP contribution in [0.4, 0.5) is 5.69 Å². The number of para-hydroxylation sites is 1. The first kappa shape index (κ1) is 18.7. The van der Waals surface area contributed by atoms with Crippen molar-refractivity contribution in [3.8, 4) is 0 Å². The van der Waals surface area contributed by atoms with Crippen molar-refractivity contribution in [1.29, 1.82) is 0 Å². The Balaban J connectivity index is 1.82. The van der Waals surface area contributed by atoms with Gasteiger partial charge in [0.2, 0.25) is 0 Å². The lowest BCUT2D eigenvalue weighted by Crippen LogP contribution is -2.14. The highest BCUT2D eigenvalue weighted by Gasteiger charge is 2.16. The van der Waals surface area contributed by atoms with Gasteiger partial charge in [-0.3, -0.25) is 4.72 Å². The van der Waals surface area contributed by atoms with E-state index >= 15 is 0 Å². The van der Waals surface area contributed by atoms with E-state index in [-0.39, 0.29) is 10.5 Å². The molecule has 0 aliphatic heterocycles. The minimum Gasteiger partial charge on any atom is -0.478 e. The van der Waals surface area contributed by atoms with Crippen LogP contribution in [-0.4, -0.2) is 19.5 Å². The fourth-order valence-corrected chi connectivity index (χ4v) is 3.98. The van der Waals surface area contributed by atoms with Crippen molar-refractivity contribution in [2.75, 3.05) is 4.72 Å². The number of rotatable bonds is 7. The van der Waals surface area contributed by atoms with Crippen LogP contribution in [0.15, 0.2) is 83.8 Å². The standard InChI is InChI=1S/C21H19NO4S/c23-21(24)19-12-6-4-8-16(19)14-15-17-9-5-7-13-20(17)22-27(25,26)18-10-2-1-3-11-18/h1-13,22H,14-15H2,(H,23,24). The molecule has 0 aliphatic carbocycles. The molecule has 5 nitrogen and oxygen atoms in total. The van der Waals surface area contributed by atoms with E-state index in [1.165, 1.54) is 12.1 Å². The molecule has 0 atom stereocenters. The van der Waals surface area contributed by atoms with E-state index in [1.807, 2.05) is 12.1 Å². The molecule has 0 saturated carbocycles. The Morgan fingerprint density at radius 3 is 2.04 bits per heavy atom. The molecule has 0 saturated heterocycles. The van der Waals surface area contributed by atoms with Gasteiger partial charge in [-0.05, 0) is 48.2 Å². The minimum atomic E-state index is -3.68. The zero-order valence-electron chi connectivity index (χ0n) is 14.5. The Morgan fingerprint density at radius 1 is 0.778 bits per heavy atom. The molecule has 0 unspecified atom stereocenters. The summed E-state index contributed by atoms with van der Waals surface area (Å²) in [5, 5.41) is 9.30. The van der Waals surface area contributed by atoms with Crippen molar-refractivity contribution in [1.82, 2.24) is 0 Å². The zero-order chi connectivity index (χ0) is 19.3. The Labute approximate surface area is 158 Å². The molecule has 3 aromatic rings. The van der Waals surface area contributed by atoms with E-state index in [1.54, 1.807) is 54.6 Å². The number of hydrogen-bond acceptors (Lipinski definition) is 3. The van der Waals surface area contributed by atoms with Gasteiger partial charge < -0.3 is 5.11 Å². The predicted molar refractivity (Wildman–Crippen MR) is 105 cm³/mol. The fourth-order valence-electron chi connectivity index (χ4n) is 2.86. The molecule has 0 aromatic heterocycles. The third-order valence-corrected chi connectivity index (χ3v) is 5.61. The fraction of sp³-hybridized carbons (Fsp3) is 0.0952. The van der Waals surface area contributed by atoms with Gasteiger partial charge in [0.15, 0.2) is 0 Å². The summed E-state index contributed by atoms with van der Waals surface area (Å²) < 4.78 is 27.8. The largest absolute Gasteiger partial charge is 0.478 e. The van der Waals surface area contributed by atoms with Gasteiger partial charge in [0.05, 0.1) is 16.1 Å². The molecule has 0 amide bonds. The van der Waals surface area contributed by atoms with Crippen molar-refractivity contribution in [2.24, 2.45) is 0 Å². The first-order valence-corrected chi connectivity index (χ1v) is 9.92. The molecule has 3 aromatic carbocycles. The van der Waals surface area contributed by atoms with E-state index in [0.29, 0.717) is 24.1 Å². The zero-order valence-corrected chi connectivity index (χ0v) is 15.3. The first-order chi connectivity index (χ1) is 13.0. The highest BCUT2D eigenvalue weighted by atomic mass is 32.2. The monoisotopic (exact) mass is 381 g/mol. The molecule has 138 valence electrons. The summed E-state index contributed by atoms with van der Waals surface area (Å²) in [7, 11) is -3.68. The summed E-state index contributed by atoms with van der Waals surface area (Å²) in [6, 6.07) is 22.1. The third-order valence-electron chi connectivity index (χ3n) is 4.23. The van der Waals surface area contributed by atoms with E-state index in [0.717, 1.165) is 5.56 Å². The second-order valence-electron chi connectivity index (χ2n) is 6.04. The average Bonchev–Trinajstić information content (AvgIpc) is 2.68. The SMILES string of the molecule is O=C(O)c1ccccc1CCc1ccccc1NS(=O)(=O)c1ccccc1. The van der Waals surface area contributed by atoms with Gasteiger partial charge in [-0.2, -0.15) is 0 Å². The third kappa shape index (κ3) is 4.54. The Hall–Kier alpha value is -3.12. The number of carboxylic acid groups (broad SMARTS) is 1. The highest BCUT2D eigenvalue weighted by molar-refractivity contribution is 7.92. The Bertz CT molecular complexity index is 1050. The highest BCUT2D eigenvalue weighted by Crippen LogP contribution is 2.22. The van der Waals surface area contributed by atoms with Crippen molar-refractivity contribution in [3.63, 3.8) is 0 Å². The molecule has 0 radical (unpaired) electrons. The van der Waals surface area contributed by atoms with Gasteiger partial charge in [-0.15, -0.1) is 0 Å². The summed E-state index contributed by atoms with van der Waals surface area (Å²) in [5.41, 5.74) is 2.27. The number of carbonyl (C=O) groups is 1. The molecule has 0 aliphatic rings. The predicted octanol–water partition coefficient (Wildman–Crippen LogP) is 3.97. The topological polar surface area (TPSA) is 83.5 Å². The van der Waals surface area contributed by atoms with Gasteiger partial charge in [-0.25, -0.2) is 13.2 Å². The Kier molecular flexibility index (Phi) is 5.57. The molecular formula is C21H19NO4S. The summed E-state index contributed by atoms with van der Waals surface area (Å²) in [6.07, 6.45) is 1.00. The number of hydrogen-bond donors (Lipinski definition) is 2. The molecule has 0 fully saturated rings. The minimum absolute atomic E-state index is 0.191. The molecule has 0 heterocycles. The van der Waals surface area contributed by atoms with Gasteiger partial charge in [0.1, 0.15) is 0 Å². The smallest absolute Gasteiger partial charge is 0.335 e. The van der Waals surface area contributed by atoms with Crippen LogP contribution in [-0.2, 0) is 22.9 Å².